The number of benzene rings is 1. The quantitative estimate of drug-likeness (QED) is 0.475. The summed E-state index contributed by atoms with van der Waals surface area (Å²) in [6, 6.07) is 9.94. The van der Waals surface area contributed by atoms with Gasteiger partial charge in [-0.2, -0.15) is 0 Å². The second kappa shape index (κ2) is 9.64. The predicted octanol–water partition coefficient (Wildman–Crippen LogP) is 2.72. The first-order valence-corrected chi connectivity index (χ1v) is 11.5. The van der Waals surface area contributed by atoms with Crippen LogP contribution < -0.4 is 10.1 Å². The van der Waals surface area contributed by atoms with E-state index in [2.05, 4.69) is 25.3 Å². The number of likely N-dealkylation sites (tertiary alicyclic amines) is 1. The van der Waals surface area contributed by atoms with E-state index in [4.69, 9.17) is 4.74 Å². The van der Waals surface area contributed by atoms with Gasteiger partial charge < -0.3 is 24.8 Å². The zero-order chi connectivity index (χ0) is 23.5. The highest BCUT2D eigenvalue weighted by Gasteiger charge is 2.29. The van der Waals surface area contributed by atoms with Crippen molar-refractivity contribution in [3.8, 4) is 5.75 Å². The number of carbonyl (C=O) groups excluding carboxylic acids is 1. The van der Waals surface area contributed by atoms with E-state index in [1.54, 1.807) is 6.08 Å². The number of H-pyrrole nitrogens is 1. The first kappa shape index (κ1) is 22.1. The summed E-state index contributed by atoms with van der Waals surface area (Å²) in [5.41, 5.74) is 3.82. The molecule has 0 saturated carbocycles. The molecular formula is C25H29N7O2. The van der Waals surface area contributed by atoms with Crippen molar-refractivity contribution in [2.24, 2.45) is 0 Å². The van der Waals surface area contributed by atoms with Gasteiger partial charge in [0.05, 0.1) is 0 Å². The van der Waals surface area contributed by atoms with E-state index in [1.807, 2.05) is 60.3 Å². The molecule has 9 heteroatoms. The molecule has 1 aliphatic heterocycles. The van der Waals surface area contributed by atoms with E-state index in [-0.39, 0.29) is 11.9 Å². The summed E-state index contributed by atoms with van der Waals surface area (Å²) in [4.78, 5) is 33.2. The Kier molecular flexibility index (Phi) is 6.27. The highest BCUT2D eigenvalue weighted by atomic mass is 16.5. The molecule has 0 spiro atoms. The number of rotatable bonds is 9. The Morgan fingerprint density at radius 3 is 2.97 bits per heavy atom. The molecule has 2 N–H and O–H groups in total. The molecule has 3 heterocycles. The van der Waals surface area contributed by atoms with E-state index < -0.39 is 0 Å². The van der Waals surface area contributed by atoms with Crippen LogP contribution in [0.2, 0.25) is 0 Å². The van der Waals surface area contributed by atoms with Gasteiger partial charge in [0, 0.05) is 43.7 Å². The summed E-state index contributed by atoms with van der Waals surface area (Å²) >= 11 is 0. The predicted molar refractivity (Wildman–Crippen MR) is 131 cm³/mol. The van der Waals surface area contributed by atoms with E-state index in [9.17, 15) is 4.79 Å². The van der Waals surface area contributed by atoms with Crippen molar-refractivity contribution < 1.29 is 9.53 Å². The number of imidazole rings is 1. The van der Waals surface area contributed by atoms with Crippen LogP contribution in [-0.2, 0) is 4.79 Å². The molecule has 0 radical (unpaired) electrons. The molecule has 1 amide bonds. The summed E-state index contributed by atoms with van der Waals surface area (Å²) in [6.07, 6.45) is 6.83. The smallest absolute Gasteiger partial charge is 0.246 e. The summed E-state index contributed by atoms with van der Waals surface area (Å²) in [7, 11) is 3.96. The lowest BCUT2D eigenvalue weighted by Gasteiger charge is -2.16. The maximum absolute atomic E-state index is 12.4. The second-order valence-electron chi connectivity index (χ2n) is 8.95. The Labute approximate surface area is 198 Å². The van der Waals surface area contributed by atoms with Gasteiger partial charge in [0.1, 0.15) is 30.0 Å². The van der Waals surface area contributed by atoms with Crippen molar-refractivity contribution in [2.75, 3.05) is 45.7 Å². The molecule has 1 atom stereocenters. The lowest BCUT2D eigenvalue weighted by molar-refractivity contribution is -0.125. The Morgan fingerprint density at radius 2 is 2.15 bits per heavy atom. The van der Waals surface area contributed by atoms with Crippen molar-refractivity contribution in [3.05, 3.63) is 60.2 Å². The van der Waals surface area contributed by atoms with E-state index >= 15 is 0 Å². The number of hydrogen-bond acceptors (Lipinski definition) is 7. The van der Waals surface area contributed by atoms with Crippen molar-refractivity contribution in [1.29, 1.82) is 0 Å². The number of nitrogens with one attached hydrogen (secondary N) is 2. The average Bonchev–Trinajstić information content (AvgIpc) is 3.23. The fourth-order valence-electron chi connectivity index (χ4n) is 4.07. The Hall–Kier alpha value is -3.72. The summed E-state index contributed by atoms with van der Waals surface area (Å²) in [5, 5.41) is 3.48. The van der Waals surface area contributed by atoms with Crippen LogP contribution in [0.5, 0.6) is 5.75 Å². The topological polar surface area (TPSA) is 99.3 Å². The third-order valence-electron chi connectivity index (χ3n) is 5.99. The molecule has 2 aromatic heterocycles. The Balaban J connectivity index is 1.22. The zero-order valence-electron chi connectivity index (χ0n) is 19.5. The minimum absolute atomic E-state index is 0.0498. The molecule has 2 aliphatic rings. The standard InChI is InChI=1S/C25H29N7O2/c1-31(2)11-6-9-21(33)32-12-10-18(14-32)28-24-22-25(27-16-26-24)30-23(29-22)20-13-17(20)15-34-19-7-4-3-5-8-19/h3-9,16,18H,10-15H2,1-2H3,(H2,26,27,28,29,30)/b9-6+/t18-/m1/s1. The van der Waals surface area contributed by atoms with Crippen LogP contribution in [-0.4, -0.2) is 82.0 Å². The van der Waals surface area contributed by atoms with Gasteiger partial charge in [-0.3, -0.25) is 4.79 Å². The van der Waals surface area contributed by atoms with Crippen molar-refractivity contribution in [2.45, 2.75) is 18.9 Å². The van der Waals surface area contributed by atoms with Gasteiger partial charge in [-0.1, -0.05) is 24.3 Å². The van der Waals surface area contributed by atoms with Crippen molar-refractivity contribution in [1.82, 2.24) is 29.7 Å². The van der Waals surface area contributed by atoms with Crippen LogP contribution in [0.15, 0.2) is 54.4 Å². The second-order valence-corrected chi connectivity index (χ2v) is 8.95. The molecule has 5 rings (SSSR count). The summed E-state index contributed by atoms with van der Waals surface area (Å²) in [5.74, 6) is 2.45. The number of carbonyl (C=O) groups is 1. The van der Waals surface area contributed by atoms with Crippen LogP contribution in [0.25, 0.3) is 16.7 Å². The number of ether oxygens (including phenoxy) is 1. The molecule has 176 valence electrons. The van der Waals surface area contributed by atoms with Gasteiger partial charge in [-0.25, -0.2) is 15.0 Å². The zero-order valence-corrected chi connectivity index (χ0v) is 19.5. The number of likely N-dealkylation sites (N-methyl/N-ethyl adjacent to an activating group) is 1. The van der Waals surface area contributed by atoms with E-state index in [0.717, 1.165) is 48.8 Å². The monoisotopic (exact) mass is 459 g/mol. The molecule has 3 aromatic rings. The van der Waals surface area contributed by atoms with Crippen LogP contribution >= 0.6 is 0 Å². The fraction of sp³-hybridized carbons (Fsp3) is 0.360. The molecular weight excluding hydrogens is 430 g/mol. The third-order valence-corrected chi connectivity index (χ3v) is 5.99. The number of para-hydroxylation sites is 1. The van der Waals surface area contributed by atoms with Gasteiger partial charge in [0.25, 0.3) is 0 Å². The van der Waals surface area contributed by atoms with Gasteiger partial charge in [-0.05, 0) is 38.2 Å². The van der Waals surface area contributed by atoms with Crippen LogP contribution in [0.3, 0.4) is 0 Å². The minimum Gasteiger partial charge on any atom is -0.489 e. The first-order valence-electron chi connectivity index (χ1n) is 11.5. The summed E-state index contributed by atoms with van der Waals surface area (Å²) < 4.78 is 5.85. The Bertz CT molecular complexity index is 1230. The van der Waals surface area contributed by atoms with Crippen LogP contribution in [0.4, 0.5) is 5.82 Å². The van der Waals surface area contributed by atoms with E-state index in [1.165, 1.54) is 17.5 Å². The number of allylic oxidation sites excluding steroid dienone is 1. The van der Waals surface area contributed by atoms with Gasteiger partial charge >= 0.3 is 0 Å². The SMILES string of the molecule is CN(C)C/C=C/C(=O)N1CC[C@@H](Nc2ncnc3nc(C4=C(COc5ccccc5)C4)[nH]c23)C1. The lowest BCUT2D eigenvalue weighted by atomic mass is 10.2. The molecule has 1 aromatic carbocycles. The number of amides is 1. The Morgan fingerprint density at radius 1 is 1.29 bits per heavy atom. The normalized spacial score (nSPS) is 17.9. The van der Waals surface area contributed by atoms with Crippen molar-refractivity contribution >= 4 is 28.5 Å². The molecule has 0 bridgehead atoms. The van der Waals surface area contributed by atoms with Crippen LogP contribution in [0, 0.1) is 0 Å². The number of nitrogens with zero attached hydrogens (tertiary/aromatic N) is 5. The first-order chi connectivity index (χ1) is 16.6. The number of aromatic nitrogens is 4. The van der Waals surface area contributed by atoms with Crippen molar-refractivity contribution in [3.63, 3.8) is 0 Å². The molecule has 9 nitrogen and oxygen atoms in total. The highest BCUT2D eigenvalue weighted by Crippen LogP contribution is 2.39. The highest BCUT2D eigenvalue weighted by molar-refractivity contribution is 5.89. The van der Waals surface area contributed by atoms with Gasteiger partial charge in [-0.15, -0.1) is 0 Å². The lowest BCUT2D eigenvalue weighted by Crippen LogP contribution is -2.30. The fourth-order valence-corrected chi connectivity index (χ4v) is 4.07. The number of anilines is 1. The van der Waals surface area contributed by atoms with Gasteiger partial charge in [0.15, 0.2) is 11.5 Å². The molecule has 0 unspecified atom stereocenters. The molecule has 1 fully saturated rings. The molecule has 1 aliphatic carbocycles. The average molecular weight is 460 g/mol. The maximum atomic E-state index is 12.4. The minimum atomic E-state index is 0.0498. The van der Waals surface area contributed by atoms with Gasteiger partial charge in [0.2, 0.25) is 5.91 Å². The molecule has 1 saturated heterocycles. The van der Waals surface area contributed by atoms with Crippen LogP contribution in [0.1, 0.15) is 18.7 Å². The summed E-state index contributed by atoms with van der Waals surface area (Å²) in [6.45, 7) is 2.67. The molecule has 34 heavy (non-hydrogen) atoms. The number of hydrogen-bond donors (Lipinski definition) is 2. The third kappa shape index (κ3) is 5.09. The number of aromatic amines is 1. The number of fused-ring (bicyclic) bond motifs is 1. The largest absolute Gasteiger partial charge is 0.489 e. The maximum Gasteiger partial charge on any atom is 0.246 e. The van der Waals surface area contributed by atoms with E-state index in [0.29, 0.717) is 18.8 Å².